The number of fused-ring (bicyclic) bond motifs is 1. The highest BCUT2D eigenvalue weighted by molar-refractivity contribution is 5.87. The molecule has 0 bridgehead atoms. The van der Waals surface area contributed by atoms with Crippen LogP contribution < -0.4 is 10.2 Å². The first-order chi connectivity index (χ1) is 10.7. The number of likely N-dealkylation sites (N-methyl/N-ethyl adjacent to an activating group) is 2. The average molecular weight is 297 g/mol. The van der Waals surface area contributed by atoms with E-state index in [-0.39, 0.29) is 12.5 Å². The summed E-state index contributed by atoms with van der Waals surface area (Å²) in [5, 5.41) is 10.9. The van der Waals surface area contributed by atoms with Gasteiger partial charge in [-0.2, -0.15) is 4.68 Å². The van der Waals surface area contributed by atoms with Gasteiger partial charge in [-0.3, -0.25) is 4.79 Å². The van der Waals surface area contributed by atoms with Crippen LogP contribution in [0.2, 0.25) is 0 Å². The lowest BCUT2D eigenvalue weighted by atomic mass is 10.3. The summed E-state index contributed by atoms with van der Waals surface area (Å²) in [5.41, 5.74) is 2.02. The molecule has 3 aromatic rings. The summed E-state index contributed by atoms with van der Waals surface area (Å²) in [5.74, 6) is 0.459. The Morgan fingerprint density at radius 1 is 1.27 bits per heavy atom. The maximum Gasteiger partial charge on any atom is 0.239 e. The minimum atomic E-state index is -0.107. The fraction of sp³-hybridized carbons (Fsp3) is 0.214. The largest absolute Gasteiger partial charge is 0.358 e. The van der Waals surface area contributed by atoms with Gasteiger partial charge in [0.2, 0.25) is 5.91 Å². The Labute approximate surface area is 126 Å². The number of nitrogens with zero attached hydrogens (tertiary/aromatic N) is 6. The number of rotatable bonds is 4. The summed E-state index contributed by atoms with van der Waals surface area (Å²) in [6.07, 6.45) is 1.45. The van der Waals surface area contributed by atoms with E-state index in [9.17, 15) is 4.79 Å². The lowest BCUT2D eigenvalue weighted by Gasteiger charge is -2.16. The number of aromatic nitrogens is 5. The molecule has 2 heterocycles. The third-order valence-corrected chi connectivity index (χ3v) is 3.24. The van der Waals surface area contributed by atoms with E-state index in [1.807, 2.05) is 30.3 Å². The first-order valence-corrected chi connectivity index (χ1v) is 6.74. The smallest absolute Gasteiger partial charge is 0.239 e. The van der Waals surface area contributed by atoms with E-state index in [1.165, 1.54) is 6.33 Å². The quantitative estimate of drug-likeness (QED) is 0.749. The number of amides is 1. The van der Waals surface area contributed by atoms with Crippen molar-refractivity contribution in [1.82, 2.24) is 30.3 Å². The predicted octanol–water partition coefficient (Wildman–Crippen LogP) is 0.393. The van der Waals surface area contributed by atoms with Crippen LogP contribution in [-0.4, -0.2) is 51.5 Å². The van der Waals surface area contributed by atoms with Crippen molar-refractivity contribution < 1.29 is 4.79 Å². The van der Waals surface area contributed by atoms with Crippen molar-refractivity contribution in [2.75, 3.05) is 25.5 Å². The summed E-state index contributed by atoms with van der Waals surface area (Å²) in [4.78, 5) is 21.7. The molecule has 1 amide bonds. The molecule has 0 atom stereocenters. The van der Waals surface area contributed by atoms with Gasteiger partial charge in [-0.1, -0.05) is 23.4 Å². The molecule has 0 aliphatic carbocycles. The lowest BCUT2D eigenvalue weighted by Crippen LogP contribution is -2.33. The Balaban J connectivity index is 2.04. The van der Waals surface area contributed by atoms with Gasteiger partial charge in [0.25, 0.3) is 0 Å². The monoisotopic (exact) mass is 297 g/mol. The first kappa shape index (κ1) is 13.9. The van der Waals surface area contributed by atoms with Gasteiger partial charge in [-0.25, -0.2) is 9.97 Å². The van der Waals surface area contributed by atoms with E-state index in [4.69, 9.17) is 0 Å². The van der Waals surface area contributed by atoms with Crippen LogP contribution in [0, 0.1) is 0 Å². The van der Waals surface area contributed by atoms with E-state index in [0.29, 0.717) is 17.0 Å². The van der Waals surface area contributed by atoms with Gasteiger partial charge in [0, 0.05) is 14.1 Å². The summed E-state index contributed by atoms with van der Waals surface area (Å²) in [6.45, 7) is 0.181. The van der Waals surface area contributed by atoms with Crippen LogP contribution in [0.1, 0.15) is 0 Å². The molecule has 8 nitrogen and oxygen atoms in total. The molecule has 2 aromatic heterocycles. The second kappa shape index (κ2) is 5.76. The van der Waals surface area contributed by atoms with E-state index < -0.39 is 0 Å². The topological polar surface area (TPSA) is 88.8 Å². The number of carbonyl (C=O) groups is 1. The van der Waals surface area contributed by atoms with Gasteiger partial charge >= 0.3 is 0 Å². The van der Waals surface area contributed by atoms with Gasteiger partial charge in [-0.15, -0.1) is 5.10 Å². The van der Waals surface area contributed by atoms with Crippen LogP contribution in [0.3, 0.4) is 0 Å². The number of anilines is 1. The fourth-order valence-electron chi connectivity index (χ4n) is 2.13. The lowest BCUT2D eigenvalue weighted by molar-refractivity contribution is -0.119. The van der Waals surface area contributed by atoms with Crippen LogP contribution in [0.5, 0.6) is 0 Å². The highest BCUT2D eigenvalue weighted by Crippen LogP contribution is 2.21. The third kappa shape index (κ3) is 2.46. The number of para-hydroxylation sites is 1. The van der Waals surface area contributed by atoms with Crippen LogP contribution in [0.4, 0.5) is 5.82 Å². The Morgan fingerprint density at radius 3 is 2.77 bits per heavy atom. The Hall–Kier alpha value is -3.03. The van der Waals surface area contributed by atoms with Gasteiger partial charge < -0.3 is 10.2 Å². The van der Waals surface area contributed by atoms with E-state index in [2.05, 4.69) is 25.6 Å². The molecule has 0 unspecified atom stereocenters. The molecule has 112 valence electrons. The van der Waals surface area contributed by atoms with Crippen LogP contribution >= 0.6 is 0 Å². The van der Waals surface area contributed by atoms with Crippen LogP contribution in [0.15, 0.2) is 36.7 Å². The van der Waals surface area contributed by atoms with Gasteiger partial charge in [0.1, 0.15) is 6.33 Å². The van der Waals surface area contributed by atoms with Crippen molar-refractivity contribution in [1.29, 1.82) is 0 Å². The Morgan fingerprint density at radius 2 is 2.05 bits per heavy atom. The summed E-state index contributed by atoms with van der Waals surface area (Å²) in [7, 11) is 3.37. The van der Waals surface area contributed by atoms with E-state index >= 15 is 0 Å². The molecule has 0 saturated carbocycles. The first-order valence-electron chi connectivity index (χ1n) is 6.74. The predicted molar refractivity (Wildman–Crippen MR) is 81.8 cm³/mol. The highest BCUT2D eigenvalue weighted by Gasteiger charge is 2.16. The van der Waals surface area contributed by atoms with Crippen molar-refractivity contribution >= 4 is 22.9 Å². The number of hydrogen-bond donors (Lipinski definition) is 1. The molecule has 0 aliphatic heterocycles. The number of benzene rings is 1. The standard InChI is InChI=1S/C14H15N7O/c1-15-11(22)8-20(2)13-12-14(17-9-16-13)21(19-18-12)10-6-4-3-5-7-10/h3-7,9H,8H2,1-2H3,(H,15,22). The Bertz CT molecular complexity index is 799. The molecule has 8 heteroatoms. The molecule has 0 fully saturated rings. The molecule has 22 heavy (non-hydrogen) atoms. The van der Waals surface area contributed by atoms with Crippen molar-refractivity contribution in [3.8, 4) is 5.69 Å². The van der Waals surface area contributed by atoms with Crippen molar-refractivity contribution in [3.05, 3.63) is 36.7 Å². The van der Waals surface area contributed by atoms with Crippen molar-refractivity contribution in [3.63, 3.8) is 0 Å². The average Bonchev–Trinajstić information content (AvgIpc) is 2.99. The highest BCUT2D eigenvalue weighted by atomic mass is 16.1. The van der Waals surface area contributed by atoms with Gasteiger partial charge in [0.15, 0.2) is 17.0 Å². The normalized spacial score (nSPS) is 10.6. The molecule has 0 saturated heterocycles. The number of carbonyl (C=O) groups excluding carboxylic acids is 1. The maximum atomic E-state index is 11.5. The minimum Gasteiger partial charge on any atom is -0.358 e. The summed E-state index contributed by atoms with van der Waals surface area (Å²) < 4.78 is 1.65. The number of nitrogens with one attached hydrogen (secondary N) is 1. The van der Waals surface area contributed by atoms with E-state index in [0.717, 1.165) is 5.69 Å². The number of hydrogen-bond acceptors (Lipinski definition) is 6. The molecular weight excluding hydrogens is 282 g/mol. The van der Waals surface area contributed by atoms with Gasteiger partial charge in [0.05, 0.1) is 12.2 Å². The molecule has 0 aliphatic rings. The van der Waals surface area contributed by atoms with Crippen LogP contribution in [0.25, 0.3) is 16.9 Å². The fourth-order valence-corrected chi connectivity index (χ4v) is 2.13. The third-order valence-electron chi connectivity index (χ3n) is 3.24. The van der Waals surface area contributed by atoms with Crippen LogP contribution in [-0.2, 0) is 4.79 Å². The maximum absolute atomic E-state index is 11.5. The molecular formula is C14H15N7O. The molecule has 3 rings (SSSR count). The van der Waals surface area contributed by atoms with Gasteiger partial charge in [-0.05, 0) is 12.1 Å². The Kier molecular flexibility index (Phi) is 3.65. The zero-order valence-electron chi connectivity index (χ0n) is 12.3. The second-order valence-electron chi connectivity index (χ2n) is 4.74. The zero-order chi connectivity index (χ0) is 15.5. The SMILES string of the molecule is CNC(=O)CN(C)c1ncnc2c1nnn2-c1ccccc1. The van der Waals surface area contributed by atoms with Crippen molar-refractivity contribution in [2.45, 2.75) is 0 Å². The van der Waals surface area contributed by atoms with Crippen molar-refractivity contribution in [2.24, 2.45) is 0 Å². The summed E-state index contributed by atoms with van der Waals surface area (Å²) in [6, 6.07) is 9.61. The second-order valence-corrected chi connectivity index (χ2v) is 4.74. The molecule has 1 N–H and O–H groups in total. The molecule has 0 spiro atoms. The molecule has 0 radical (unpaired) electrons. The zero-order valence-corrected chi connectivity index (χ0v) is 12.3. The molecule has 1 aromatic carbocycles. The minimum absolute atomic E-state index is 0.107. The summed E-state index contributed by atoms with van der Waals surface area (Å²) >= 11 is 0. The van der Waals surface area contributed by atoms with E-state index in [1.54, 1.807) is 23.7 Å².